The van der Waals surface area contributed by atoms with Crippen molar-refractivity contribution >= 4 is 6.03 Å². The summed E-state index contributed by atoms with van der Waals surface area (Å²) in [6.07, 6.45) is 8.45. The lowest BCUT2D eigenvalue weighted by atomic mass is 10.1. The molecule has 2 atom stereocenters. The number of aliphatic hydroxyl groups is 1. The van der Waals surface area contributed by atoms with Crippen molar-refractivity contribution in [2.75, 3.05) is 26.2 Å². The van der Waals surface area contributed by atoms with Gasteiger partial charge in [-0.3, -0.25) is 0 Å². The van der Waals surface area contributed by atoms with E-state index in [4.69, 9.17) is 0 Å². The van der Waals surface area contributed by atoms with Gasteiger partial charge in [-0.25, -0.2) is 9.78 Å². The molecule has 1 fully saturated rings. The van der Waals surface area contributed by atoms with Crippen LogP contribution in [-0.4, -0.2) is 63.9 Å². The van der Waals surface area contributed by atoms with Gasteiger partial charge in [-0.05, 0) is 32.9 Å². The Hall–Kier alpha value is -1.60. The molecule has 3 N–H and O–H groups in total. The fourth-order valence-electron chi connectivity index (χ4n) is 2.75. The van der Waals surface area contributed by atoms with Crippen LogP contribution < -0.4 is 10.6 Å². The number of carbonyl (C=O) groups excluding carboxylic acids is 1. The number of likely N-dealkylation sites (tertiary alicyclic amines) is 1. The zero-order valence-corrected chi connectivity index (χ0v) is 13.2. The summed E-state index contributed by atoms with van der Waals surface area (Å²) >= 11 is 0. The van der Waals surface area contributed by atoms with Crippen LogP contribution in [0.25, 0.3) is 0 Å². The van der Waals surface area contributed by atoms with E-state index < -0.39 is 6.10 Å². The standard InChI is InChI=1S/C15H27N5O2/c1-13(10-20-8-5-16-12-20)18-15(22)17-9-14(21)11-19-6-3-2-4-7-19/h5,8,12-14,21H,2-4,6-7,9-11H2,1H3,(H2,17,18,22)/t13-,14+/m1/s1. The normalized spacial score (nSPS) is 18.6. The summed E-state index contributed by atoms with van der Waals surface area (Å²) in [7, 11) is 0. The summed E-state index contributed by atoms with van der Waals surface area (Å²) in [6.45, 7) is 5.61. The van der Waals surface area contributed by atoms with E-state index in [1.165, 1.54) is 19.3 Å². The number of β-amino-alcohol motifs (C(OH)–C–C–N with tert-alkyl or cyclic N) is 1. The van der Waals surface area contributed by atoms with Crippen molar-refractivity contribution in [2.45, 2.75) is 44.9 Å². The third-order valence-electron chi connectivity index (χ3n) is 3.84. The first-order valence-corrected chi connectivity index (χ1v) is 8.04. The van der Waals surface area contributed by atoms with Gasteiger partial charge in [0.05, 0.1) is 12.4 Å². The first-order chi connectivity index (χ1) is 10.6. The van der Waals surface area contributed by atoms with Gasteiger partial charge in [0.2, 0.25) is 0 Å². The predicted octanol–water partition coefficient (Wildman–Crippen LogP) is 0.418. The molecule has 2 amide bonds. The van der Waals surface area contributed by atoms with Crippen LogP contribution >= 0.6 is 0 Å². The second-order valence-electron chi connectivity index (χ2n) is 6.03. The molecule has 0 spiro atoms. The average Bonchev–Trinajstić information content (AvgIpc) is 2.99. The molecule has 0 aliphatic carbocycles. The molecule has 7 nitrogen and oxygen atoms in total. The van der Waals surface area contributed by atoms with Gasteiger partial charge >= 0.3 is 6.03 Å². The van der Waals surface area contributed by atoms with Gasteiger partial charge in [-0.1, -0.05) is 6.42 Å². The largest absolute Gasteiger partial charge is 0.390 e. The van der Waals surface area contributed by atoms with Crippen LogP contribution in [0.4, 0.5) is 4.79 Å². The van der Waals surface area contributed by atoms with E-state index in [1.807, 2.05) is 17.7 Å². The summed E-state index contributed by atoms with van der Waals surface area (Å²) in [5.74, 6) is 0. The van der Waals surface area contributed by atoms with Gasteiger partial charge in [0, 0.05) is 38.1 Å². The van der Waals surface area contributed by atoms with E-state index in [-0.39, 0.29) is 18.6 Å². The highest BCUT2D eigenvalue weighted by atomic mass is 16.3. The Morgan fingerprint density at radius 2 is 2.09 bits per heavy atom. The molecule has 2 heterocycles. The van der Waals surface area contributed by atoms with Crippen molar-refractivity contribution in [1.82, 2.24) is 25.1 Å². The fourth-order valence-corrected chi connectivity index (χ4v) is 2.75. The number of aliphatic hydroxyl groups excluding tert-OH is 1. The number of piperidine rings is 1. The zero-order valence-electron chi connectivity index (χ0n) is 13.2. The van der Waals surface area contributed by atoms with Gasteiger partial charge < -0.3 is 25.2 Å². The molecule has 1 aromatic heterocycles. The Morgan fingerprint density at radius 3 is 2.77 bits per heavy atom. The van der Waals surface area contributed by atoms with E-state index in [2.05, 4.69) is 20.5 Å². The number of hydrogen-bond acceptors (Lipinski definition) is 4. The van der Waals surface area contributed by atoms with Crippen molar-refractivity contribution in [2.24, 2.45) is 0 Å². The molecular weight excluding hydrogens is 282 g/mol. The van der Waals surface area contributed by atoms with Crippen molar-refractivity contribution < 1.29 is 9.90 Å². The molecular formula is C15H27N5O2. The molecule has 1 saturated heterocycles. The van der Waals surface area contributed by atoms with Gasteiger partial charge in [0.15, 0.2) is 0 Å². The lowest BCUT2D eigenvalue weighted by Gasteiger charge is -2.28. The first kappa shape index (κ1) is 16.8. The number of urea groups is 1. The number of rotatable bonds is 7. The summed E-state index contributed by atoms with van der Waals surface area (Å²) in [5, 5.41) is 15.6. The van der Waals surface area contributed by atoms with Crippen LogP contribution in [0, 0.1) is 0 Å². The summed E-state index contributed by atoms with van der Waals surface area (Å²) in [5.41, 5.74) is 0. The first-order valence-electron chi connectivity index (χ1n) is 8.04. The molecule has 0 unspecified atom stereocenters. The number of nitrogens with one attached hydrogen (secondary N) is 2. The summed E-state index contributed by atoms with van der Waals surface area (Å²) in [6, 6.07) is -0.251. The minimum Gasteiger partial charge on any atom is -0.390 e. The molecule has 2 rings (SSSR count). The monoisotopic (exact) mass is 309 g/mol. The number of amides is 2. The van der Waals surface area contributed by atoms with E-state index in [0.29, 0.717) is 13.1 Å². The van der Waals surface area contributed by atoms with Crippen molar-refractivity contribution in [3.05, 3.63) is 18.7 Å². The van der Waals surface area contributed by atoms with E-state index in [9.17, 15) is 9.90 Å². The zero-order chi connectivity index (χ0) is 15.8. The smallest absolute Gasteiger partial charge is 0.315 e. The minimum atomic E-state index is -0.521. The number of carbonyl (C=O) groups is 1. The van der Waals surface area contributed by atoms with Crippen molar-refractivity contribution in [3.63, 3.8) is 0 Å². The molecule has 1 aromatic rings. The molecule has 1 aliphatic rings. The topological polar surface area (TPSA) is 82.4 Å². The SMILES string of the molecule is C[C@H](Cn1ccnc1)NC(=O)NC[C@H](O)CN1CCCCC1. The Morgan fingerprint density at radius 1 is 1.32 bits per heavy atom. The van der Waals surface area contributed by atoms with Crippen LogP contribution in [0.3, 0.4) is 0 Å². The number of imidazole rings is 1. The average molecular weight is 309 g/mol. The second kappa shape index (κ2) is 8.75. The van der Waals surface area contributed by atoms with Crippen LogP contribution in [0.1, 0.15) is 26.2 Å². The second-order valence-corrected chi connectivity index (χ2v) is 6.03. The molecule has 1 aliphatic heterocycles. The maximum Gasteiger partial charge on any atom is 0.315 e. The highest BCUT2D eigenvalue weighted by Crippen LogP contribution is 2.08. The summed E-state index contributed by atoms with van der Waals surface area (Å²) < 4.78 is 1.91. The lowest BCUT2D eigenvalue weighted by Crippen LogP contribution is -2.47. The van der Waals surface area contributed by atoms with Crippen molar-refractivity contribution in [1.29, 1.82) is 0 Å². The number of nitrogens with zero attached hydrogens (tertiary/aromatic N) is 3. The van der Waals surface area contributed by atoms with Crippen LogP contribution in [0.5, 0.6) is 0 Å². The fraction of sp³-hybridized carbons (Fsp3) is 0.733. The van der Waals surface area contributed by atoms with Gasteiger partial charge in [-0.15, -0.1) is 0 Å². The molecule has 7 heteroatoms. The maximum atomic E-state index is 11.8. The van der Waals surface area contributed by atoms with Gasteiger partial charge in [0.1, 0.15) is 0 Å². The van der Waals surface area contributed by atoms with E-state index in [0.717, 1.165) is 13.1 Å². The number of hydrogen-bond donors (Lipinski definition) is 3. The highest BCUT2D eigenvalue weighted by Gasteiger charge is 2.15. The summed E-state index contributed by atoms with van der Waals surface area (Å²) in [4.78, 5) is 18.0. The maximum absolute atomic E-state index is 11.8. The van der Waals surface area contributed by atoms with Crippen LogP contribution in [-0.2, 0) is 6.54 Å². The lowest BCUT2D eigenvalue weighted by molar-refractivity contribution is 0.101. The van der Waals surface area contributed by atoms with E-state index >= 15 is 0 Å². The van der Waals surface area contributed by atoms with Crippen LogP contribution in [0.2, 0.25) is 0 Å². The predicted molar refractivity (Wildman–Crippen MR) is 84.5 cm³/mol. The van der Waals surface area contributed by atoms with Crippen LogP contribution in [0.15, 0.2) is 18.7 Å². The Kier molecular flexibility index (Phi) is 6.67. The molecule has 0 radical (unpaired) electrons. The Labute approximate surface area is 131 Å². The molecule has 0 bridgehead atoms. The van der Waals surface area contributed by atoms with Gasteiger partial charge in [-0.2, -0.15) is 0 Å². The van der Waals surface area contributed by atoms with Gasteiger partial charge in [0.25, 0.3) is 0 Å². The Balaban J connectivity index is 1.59. The van der Waals surface area contributed by atoms with Crippen molar-refractivity contribution in [3.8, 4) is 0 Å². The Bertz CT molecular complexity index is 431. The molecule has 0 saturated carbocycles. The quantitative estimate of drug-likeness (QED) is 0.682. The third kappa shape index (κ3) is 6.03. The molecule has 124 valence electrons. The number of aromatic nitrogens is 2. The minimum absolute atomic E-state index is 0.00608. The highest BCUT2D eigenvalue weighted by molar-refractivity contribution is 5.74. The van der Waals surface area contributed by atoms with E-state index in [1.54, 1.807) is 12.5 Å². The molecule has 22 heavy (non-hydrogen) atoms. The molecule has 0 aromatic carbocycles. The third-order valence-corrected chi connectivity index (χ3v) is 3.84.